The van der Waals surface area contributed by atoms with E-state index in [1.54, 1.807) is 36.5 Å². The van der Waals surface area contributed by atoms with Crippen molar-refractivity contribution < 1.29 is 18.7 Å². The number of halogens is 2. The number of aromatic nitrogens is 2. The van der Waals surface area contributed by atoms with Gasteiger partial charge in [0.25, 0.3) is 0 Å². The second kappa shape index (κ2) is 7.56. The maximum Gasteiger partial charge on any atom is 0.249 e. The summed E-state index contributed by atoms with van der Waals surface area (Å²) < 4.78 is 19.8. The minimum absolute atomic E-state index is 0.0622. The number of hydrogen-bond acceptors (Lipinski definition) is 4. The van der Waals surface area contributed by atoms with E-state index in [4.69, 9.17) is 16.3 Å². The lowest BCUT2D eigenvalue weighted by Gasteiger charge is -2.24. The number of fused-ring (bicyclic) bond motifs is 1. The Morgan fingerprint density at radius 2 is 2.07 bits per heavy atom. The Labute approximate surface area is 170 Å². The minimum Gasteiger partial charge on any atom is -0.495 e. The highest BCUT2D eigenvalue weighted by Crippen LogP contribution is 2.35. The number of nitrogens with zero attached hydrogens (tertiary/aromatic N) is 2. The van der Waals surface area contributed by atoms with Gasteiger partial charge in [0, 0.05) is 11.3 Å². The highest BCUT2D eigenvalue weighted by Gasteiger charge is 2.33. The number of carbonyl (C=O) groups is 2. The summed E-state index contributed by atoms with van der Waals surface area (Å²) in [6.07, 6.45) is 1.48. The van der Waals surface area contributed by atoms with Crippen LogP contribution in [0.3, 0.4) is 0 Å². The molecule has 1 unspecified atom stereocenters. The zero-order chi connectivity index (χ0) is 20.5. The van der Waals surface area contributed by atoms with Gasteiger partial charge in [0.1, 0.15) is 23.4 Å². The number of hydrogen-bond donors (Lipinski definition) is 2. The molecule has 1 aromatic heterocycles. The van der Waals surface area contributed by atoms with Crippen molar-refractivity contribution in [2.45, 2.75) is 12.5 Å². The Bertz CT molecular complexity index is 1100. The molecule has 0 radical (unpaired) electrons. The first-order valence-corrected chi connectivity index (χ1v) is 9.12. The third-order valence-electron chi connectivity index (χ3n) is 4.60. The van der Waals surface area contributed by atoms with Crippen LogP contribution in [0.5, 0.6) is 5.75 Å². The highest BCUT2D eigenvalue weighted by molar-refractivity contribution is 6.32. The molecule has 3 aromatic rings. The van der Waals surface area contributed by atoms with Crippen LogP contribution in [0.25, 0.3) is 11.1 Å². The number of rotatable bonds is 4. The number of carbonyl (C=O) groups excluding carboxylic acids is 2. The Hall–Kier alpha value is -3.39. The minimum atomic E-state index is -0.839. The zero-order valence-corrected chi connectivity index (χ0v) is 16.0. The molecule has 2 aromatic carbocycles. The van der Waals surface area contributed by atoms with Crippen LogP contribution in [-0.4, -0.2) is 28.7 Å². The summed E-state index contributed by atoms with van der Waals surface area (Å²) in [5.74, 6) is -0.208. The number of benzene rings is 2. The van der Waals surface area contributed by atoms with Crippen LogP contribution in [0.1, 0.15) is 12.5 Å². The lowest BCUT2D eigenvalue weighted by atomic mass is 10.1. The van der Waals surface area contributed by atoms with Gasteiger partial charge >= 0.3 is 0 Å². The second-order valence-electron chi connectivity index (χ2n) is 6.46. The Morgan fingerprint density at radius 3 is 2.76 bits per heavy atom. The third kappa shape index (κ3) is 3.66. The molecule has 2 N–H and O–H groups in total. The molecule has 2 heterocycles. The summed E-state index contributed by atoms with van der Waals surface area (Å²) in [6.45, 7) is 0. The van der Waals surface area contributed by atoms with Crippen LogP contribution in [0.15, 0.2) is 48.7 Å². The summed E-state index contributed by atoms with van der Waals surface area (Å²) in [7, 11) is 1.50. The predicted octanol–water partition coefficient (Wildman–Crippen LogP) is 3.87. The molecule has 1 atom stereocenters. The first-order valence-electron chi connectivity index (χ1n) is 8.74. The topological polar surface area (TPSA) is 85.2 Å². The van der Waals surface area contributed by atoms with E-state index in [0.717, 1.165) is 0 Å². The fourth-order valence-corrected chi connectivity index (χ4v) is 3.44. The van der Waals surface area contributed by atoms with Gasteiger partial charge in [-0.25, -0.2) is 9.07 Å². The molecule has 1 aliphatic heterocycles. The molecule has 2 amide bonds. The molecule has 148 valence electrons. The van der Waals surface area contributed by atoms with E-state index in [9.17, 15) is 14.0 Å². The SMILES string of the molecule is COc1ccc(NC(=O)C2CC(=O)Nc3c(-c4ccc(F)cc4)cnn32)cc1Cl. The Kier molecular flexibility index (Phi) is 4.94. The number of nitrogens with one attached hydrogen (secondary N) is 2. The fraction of sp³-hybridized carbons (Fsp3) is 0.150. The molecule has 0 bridgehead atoms. The number of amides is 2. The van der Waals surface area contributed by atoms with Crippen molar-refractivity contribution in [3.8, 4) is 16.9 Å². The molecular formula is C20H16ClFN4O3. The van der Waals surface area contributed by atoms with Crippen LogP contribution in [0, 0.1) is 5.82 Å². The maximum atomic E-state index is 13.2. The van der Waals surface area contributed by atoms with E-state index in [-0.39, 0.29) is 18.1 Å². The van der Waals surface area contributed by atoms with Gasteiger partial charge in [0.15, 0.2) is 0 Å². The summed E-state index contributed by atoms with van der Waals surface area (Å²) in [5, 5.41) is 10.1. The van der Waals surface area contributed by atoms with E-state index in [1.807, 2.05) is 0 Å². The Morgan fingerprint density at radius 1 is 1.31 bits per heavy atom. The summed E-state index contributed by atoms with van der Waals surface area (Å²) in [5.41, 5.74) is 1.75. The predicted molar refractivity (Wildman–Crippen MR) is 107 cm³/mol. The number of anilines is 2. The quantitative estimate of drug-likeness (QED) is 0.678. The largest absolute Gasteiger partial charge is 0.495 e. The fourth-order valence-electron chi connectivity index (χ4n) is 3.18. The number of methoxy groups -OCH3 is 1. The van der Waals surface area contributed by atoms with Crippen molar-refractivity contribution >= 4 is 34.9 Å². The summed E-state index contributed by atoms with van der Waals surface area (Å²) in [6, 6.07) is 9.83. The molecule has 0 saturated heterocycles. The molecule has 9 heteroatoms. The standard InChI is InChI=1S/C20H16ClFN4O3/c1-29-17-7-6-13(8-15(17)21)24-20(28)16-9-18(27)25-19-14(10-23-26(16)19)11-2-4-12(22)5-3-11/h2-8,10,16H,9H2,1H3,(H,24,28)(H,25,27). The van der Waals surface area contributed by atoms with Gasteiger partial charge in [-0.2, -0.15) is 5.10 Å². The first kappa shape index (κ1) is 18.9. The molecule has 1 aliphatic rings. The molecule has 0 spiro atoms. The van der Waals surface area contributed by atoms with Crippen molar-refractivity contribution in [3.63, 3.8) is 0 Å². The van der Waals surface area contributed by atoms with Gasteiger partial charge in [-0.1, -0.05) is 23.7 Å². The molecule has 4 rings (SSSR count). The van der Waals surface area contributed by atoms with E-state index < -0.39 is 11.9 Å². The molecule has 0 aliphatic carbocycles. The molecule has 0 saturated carbocycles. The monoisotopic (exact) mass is 414 g/mol. The van der Waals surface area contributed by atoms with Crippen molar-refractivity contribution in [1.82, 2.24) is 9.78 Å². The van der Waals surface area contributed by atoms with Crippen LogP contribution in [-0.2, 0) is 9.59 Å². The molecule has 0 fully saturated rings. The van der Waals surface area contributed by atoms with Crippen molar-refractivity contribution in [3.05, 3.63) is 59.5 Å². The Balaban J connectivity index is 1.63. The molecule has 7 nitrogen and oxygen atoms in total. The number of ether oxygens (including phenoxy) is 1. The maximum absolute atomic E-state index is 13.2. The van der Waals surface area contributed by atoms with Gasteiger partial charge < -0.3 is 15.4 Å². The average Bonchev–Trinajstić information content (AvgIpc) is 3.11. The lowest BCUT2D eigenvalue weighted by Crippen LogP contribution is -2.35. The van der Waals surface area contributed by atoms with Crippen LogP contribution >= 0.6 is 11.6 Å². The molecular weight excluding hydrogens is 399 g/mol. The summed E-state index contributed by atoms with van der Waals surface area (Å²) in [4.78, 5) is 25.1. The summed E-state index contributed by atoms with van der Waals surface area (Å²) >= 11 is 6.10. The average molecular weight is 415 g/mol. The lowest BCUT2D eigenvalue weighted by molar-refractivity contribution is -0.125. The van der Waals surface area contributed by atoms with Gasteiger partial charge in [0.05, 0.1) is 24.8 Å². The van der Waals surface area contributed by atoms with Crippen molar-refractivity contribution in [2.75, 3.05) is 17.7 Å². The third-order valence-corrected chi connectivity index (χ3v) is 4.90. The first-order chi connectivity index (χ1) is 14.0. The van der Waals surface area contributed by atoms with Gasteiger partial charge in [-0.3, -0.25) is 9.59 Å². The van der Waals surface area contributed by atoms with E-state index in [0.29, 0.717) is 33.4 Å². The van der Waals surface area contributed by atoms with Crippen molar-refractivity contribution in [2.24, 2.45) is 0 Å². The normalized spacial score (nSPS) is 15.4. The molecule has 29 heavy (non-hydrogen) atoms. The van der Waals surface area contributed by atoms with Crippen LogP contribution in [0.4, 0.5) is 15.9 Å². The highest BCUT2D eigenvalue weighted by atomic mass is 35.5. The van der Waals surface area contributed by atoms with E-state index in [2.05, 4.69) is 15.7 Å². The van der Waals surface area contributed by atoms with Crippen LogP contribution < -0.4 is 15.4 Å². The van der Waals surface area contributed by atoms with Gasteiger partial charge in [-0.15, -0.1) is 0 Å². The van der Waals surface area contributed by atoms with Crippen molar-refractivity contribution in [1.29, 1.82) is 0 Å². The van der Waals surface area contributed by atoms with E-state index >= 15 is 0 Å². The van der Waals surface area contributed by atoms with Crippen LogP contribution in [0.2, 0.25) is 5.02 Å². The van der Waals surface area contributed by atoms with Gasteiger partial charge in [-0.05, 0) is 35.9 Å². The van der Waals surface area contributed by atoms with E-state index in [1.165, 1.54) is 23.9 Å². The van der Waals surface area contributed by atoms with Gasteiger partial charge in [0.2, 0.25) is 11.8 Å². The zero-order valence-electron chi connectivity index (χ0n) is 15.3. The second-order valence-corrected chi connectivity index (χ2v) is 6.87. The smallest absolute Gasteiger partial charge is 0.249 e.